The number of nitrogens with zero attached hydrogens (tertiary/aromatic N) is 4. The monoisotopic (exact) mass is 264 g/mol. The summed E-state index contributed by atoms with van der Waals surface area (Å²) in [5, 5.41) is 0. The first-order valence-corrected chi connectivity index (χ1v) is 6.79. The fourth-order valence-electron chi connectivity index (χ4n) is 2.77. The number of anilines is 1. The number of aromatic nitrogens is 2. The van der Waals surface area contributed by atoms with Gasteiger partial charge in [-0.3, -0.25) is 4.90 Å². The van der Waals surface area contributed by atoms with Crippen LogP contribution in [0, 0.1) is 0 Å². The third-order valence-corrected chi connectivity index (χ3v) is 3.82. The third kappa shape index (κ3) is 2.50. The second-order valence-corrected chi connectivity index (χ2v) is 5.01. The van der Waals surface area contributed by atoms with Crippen LogP contribution in [0.25, 0.3) is 0 Å². The Kier molecular flexibility index (Phi) is 3.52. The number of ether oxygens (including phenoxy) is 2. The summed E-state index contributed by atoms with van der Waals surface area (Å²) < 4.78 is 11.3. The smallest absolute Gasteiger partial charge is 0.218 e. The van der Waals surface area contributed by atoms with Gasteiger partial charge in [0.05, 0.1) is 25.4 Å². The van der Waals surface area contributed by atoms with Crippen molar-refractivity contribution in [2.24, 2.45) is 0 Å². The molecule has 6 heteroatoms. The Labute approximate surface area is 113 Å². The molecular weight excluding hydrogens is 244 g/mol. The maximum Gasteiger partial charge on any atom is 0.218 e. The summed E-state index contributed by atoms with van der Waals surface area (Å²) in [6, 6.07) is 2.36. The third-order valence-electron chi connectivity index (χ3n) is 3.82. The van der Waals surface area contributed by atoms with Gasteiger partial charge in [0.2, 0.25) is 5.88 Å². The normalized spacial score (nSPS) is 27.4. The van der Waals surface area contributed by atoms with E-state index in [0.29, 0.717) is 18.5 Å². The minimum absolute atomic E-state index is 0.282. The fourth-order valence-corrected chi connectivity index (χ4v) is 2.77. The SMILES string of the molecule is CCOc1cc(N2C[C@H]3OCCN(C)[C@H]3C2)ncn1. The number of likely N-dealkylation sites (N-methyl/N-ethyl adjacent to an activating group) is 1. The van der Waals surface area contributed by atoms with E-state index in [1.54, 1.807) is 6.33 Å². The minimum atomic E-state index is 0.282. The number of morpholine rings is 1. The summed E-state index contributed by atoms with van der Waals surface area (Å²) in [5.74, 6) is 1.56. The molecule has 1 aromatic heterocycles. The van der Waals surface area contributed by atoms with Gasteiger partial charge in [0.15, 0.2) is 0 Å². The molecule has 0 bridgehead atoms. The van der Waals surface area contributed by atoms with Gasteiger partial charge in [0.1, 0.15) is 12.1 Å². The summed E-state index contributed by atoms with van der Waals surface area (Å²) in [6.07, 6.45) is 1.84. The van der Waals surface area contributed by atoms with E-state index in [1.807, 2.05) is 13.0 Å². The van der Waals surface area contributed by atoms with Crippen molar-refractivity contribution < 1.29 is 9.47 Å². The molecule has 3 rings (SSSR count). The average Bonchev–Trinajstić information content (AvgIpc) is 2.85. The summed E-state index contributed by atoms with van der Waals surface area (Å²) in [4.78, 5) is 13.1. The molecule has 0 radical (unpaired) electrons. The van der Waals surface area contributed by atoms with Crippen LogP contribution in [0.15, 0.2) is 12.4 Å². The van der Waals surface area contributed by atoms with Gasteiger partial charge in [-0.2, -0.15) is 0 Å². The molecule has 0 amide bonds. The second-order valence-electron chi connectivity index (χ2n) is 5.01. The molecule has 0 N–H and O–H groups in total. The van der Waals surface area contributed by atoms with Crippen LogP contribution in [-0.2, 0) is 4.74 Å². The standard InChI is InChI=1S/C13H20N4O2/c1-3-18-13-6-12(14-9-15-13)17-7-10-11(8-17)19-5-4-16(10)2/h6,9-11H,3-5,7-8H2,1-2H3/t10-,11+/m0/s1. The van der Waals surface area contributed by atoms with Crippen LogP contribution >= 0.6 is 0 Å². The van der Waals surface area contributed by atoms with Crippen molar-refractivity contribution in [2.75, 3.05) is 44.8 Å². The first-order valence-electron chi connectivity index (χ1n) is 6.79. The Hall–Kier alpha value is -1.40. The highest BCUT2D eigenvalue weighted by atomic mass is 16.5. The number of rotatable bonds is 3. The molecule has 6 nitrogen and oxygen atoms in total. The predicted molar refractivity (Wildman–Crippen MR) is 71.6 cm³/mol. The lowest BCUT2D eigenvalue weighted by Crippen LogP contribution is -2.48. The van der Waals surface area contributed by atoms with Crippen LogP contribution in [0.4, 0.5) is 5.82 Å². The molecule has 2 fully saturated rings. The maximum absolute atomic E-state index is 5.84. The van der Waals surface area contributed by atoms with E-state index in [0.717, 1.165) is 32.1 Å². The molecule has 104 valence electrons. The first-order chi connectivity index (χ1) is 9.28. The number of hydrogen-bond acceptors (Lipinski definition) is 6. The molecule has 0 saturated carbocycles. The fraction of sp³-hybridized carbons (Fsp3) is 0.692. The summed E-state index contributed by atoms with van der Waals surface area (Å²) in [7, 11) is 2.16. The Morgan fingerprint density at radius 2 is 2.32 bits per heavy atom. The van der Waals surface area contributed by atoms with Crippen LogP contribution in [0.2, 0.25) is 0 Å². The molecule has 0 unspecified atom stereocenters. The lowest BCUT2D eigenvalue weighted by atomic mass is 10.1. The number of hydrogen-bond donors (Lipinski definition) is 0. The highest BCUT2D eigenvalue weighted by Crippen LogP contribution is 2.26. The first kappa shape index (κ1) is 12.6. The van der Waals surface area contributed by atoms with Gasteiger partial charge in [-0.1, -0.05) is 0 Å². The summed E-state index contributed by atoms with van der Waals surface area (Å²) in [5.41, 5.74) is 0. The van der Waals surface area contributed by atoms with Crippen molar-refractivity contribution in [3.63, 3.8) is 0 Å². The van der Waals surface area contributed by atoms with E-state index in [2.05, 4.69) is 26.8 Å². The van der Waals surface area contributed by atoms with Gasteiger partial charge >= 0.3 is 0 Å². The Balaban J connectivity index is 1.74. The second kappa shape index (κ2) is 5.30. The molecule has 3 heterocycles. The van der Waals surface area contributed by atoms with Crippen LogP contribution < -0.4 is 9.64 Å². The highest BCUT2D eigenvalue weighted by molar-refractivity contribution is 5.43. The topological polar surface area (TPSA) is 50.7 Å². The van der Waals surface area contributed by atoms with Crippen LogP contribution in [-0.4, -0.2) is 66.9 Å². The largest absolute Gasteiger partial charge is 0.478 e. The Bertz CT molecular complexity index is 442. The molecule has 2 aliphatic rings. The van der Waals surface area contributed by atoms with Crippen molar-refractivity contribution in [3.8, 4) is 5.88 Å². The quantitative estimate of drug-likeness (QED) is 0.787. The van der Waals surface area contributed by atoms with E-state index in [9.17, 15) is 0 Å². The van der Waals surface area contributed by atoms with Crippen molar-refractivity contribution >= 4 is 5.82 Å². The van der Waals surface area contributed by atoms with Gasteiger partial charge in [-0.15, -0.1) is 0 Å². The molecule has 0 spiro atoms. The van der Waals surface area contributed by atoms with Gasteiger partial charge in [-0.05, 0) is 14.0 Å². The van der Waals surface area contributed by atoms with Gasteiger partial charge in [0.25, 0.3) is 0 Å². The molecule has 0 aromatic carbocycles. The van der Waals surface area contributed by atoms with Crippen LogP contribution in [0.3, 0.4) is 0 Å². The van der Waals surface area contributed by atoms with E-state index in [1.165, 1.54) is 0 Å². The molecule has 19 heavy (non-hydrogen) atoms. The molecular formula is C13H20N4O2. The van der Waals surface area contributed by atoms with Crippen molar-refractivity contribution in [2.45, 2.75) is 19.1 Å². The van der Waals surface area contributed by atoms with Crippen LogP contribution in [0.5, 0.6) is 5.88 Å². The van der Waals surface area contributed by atoms with Crippen molar-refractivity contribution in [1.82, 2.24) is 14.9 Å². The molecule has 2 aliphatic heterocycles. The van der Waals surface area contributed by atoms with E-state index in [-0.39, 0.29) is 6.10 Å². The zero-order chi connectivity index (χ0) is 13.2. The summed E-state index contributed by atoms with van der Waals surface area (Å²) >= 11 is 0. The molecule has 1 aromatic rings. The lowest BCUT2D eigenvalue weighted by Gasteiger charge is -2.33. The van der Waals surface area contributed by atoms with Gasteiger partial charge in [0, 0.05) is 25.7 Å². The number of fused-ring (bicyclic) bond motifs is 1. The Morgan fingerprint density at radius 1 is 1.42 bits per heavy atom. The zero-order valence-electron chi connectivity index (χ0n) is 11.5. The van der Waals surface area contributed by atoms with E-state index >= 15 is 0 Å². The molecule has 2 saturated heterocycles. The van der Waals surface area contributed by atoms with Crippen molar-refractivity contribution in [3.05, 3.63) is 12.4 Å². The van der Waals surface area contributed by atoms with E-state index < -0.39 is 0 Å². The minimum Gasteiger partial charge on any atom is -0.478 e. The average molecular weight is 264 g/mol. The van der Waals surface area contributed by atoms with Crippen molar-refractivity contribution in [1.29, 1.82) is 0 Å². The Morgan fingerprint density at radius 3 is 3.11 bits per heavy atom. The van der Waals surface area contributed by atoms with Gasteiger partial charge < -0.3 is 14.4 Å². The van der Waals surface area contributed by atoms with E-state index in [4.69, 9.17) is 9.47 Å². The maximum atomic E-state index is 5.84. The van der Waals surface area contributed by atoms with Crippen LogP contribution in [0.1, 0.15) is 6.92 Å². The summed E-state index contributed by atoms with van der Waals surface area (Å²) in [6.45, 7) is 6.23. The molecule has 2 atom stereocenters. The predicted octanol–water partition coefficient (Wildman–Crippen LogP) is 0.394. The zero-order valence-corrected chi connectivity index (χ0v) is 11.5. The molecule has 0 aliphatic carbocycles. The highest BCUT2D eigenvalue weighted by Gasteiger charge is 2.39. The lowest BCUT2D eigenvalue weighted by molar-refractivity contribution is -0.0362. The van der Waals surface area contributed by atoms with Gasteiger partial charge in [-0.25, -0.2) is 9.97 Å².